The van der Waals surface area contributed by atoms with E-state index in [-0.39, 0.29) is 15.8 Å². The van der Waals surface area contributed by atoms with E-state index in [1.54, 1.807) is 0 Å². The molecular weight excluding hydrogens is 257 g/mol. The molecule has 1 aromatic carbocycles. The summed E-state index contributed by atoms with van der Waals surface area (Å²) in [5.74, 6) is -1.33. The number of hydrogen-bond donors (Lipinski definition) is 0. The third-order valence-corrected chi connectivity index (χ3v) is 2.27. The number of nitro groups is 1. The molecule has 0 heterocycles. The molecule has 74 valence electrons. The molecule has 0 aliphatic heterocycles. The Bertz CT molecular complexity index is 384. The Morgan fingerprint density at radius 2 is 2.14 bits per heavy atom. The quantitative estimate of drug-likeness (QED) is 0.467. The van der Waals surface area contributed by atoms with Gasteiger partial charge in [-0.2, -0.15) is 4.39 Å². The molecule has 0 N–H and O–H groups in total. The molecular formula is C8H5BrFNO3. The summed E-state index contributed by atoms with van der Waals surface area (Å²) in [4.78, 5) is 20.5. The minimum absolute atomic E-state index is 0.0955. The highest BCUT2D eigenvalue weighted by atomic mass is 79.9. The highest BCUT2D eigenvalue weighted by molar-refractivity contribution is 9.10. The SMILES string of the molecule is CC(=O)c1cc([N+](=O)[O-])c(F)cc1Br. The minimum atomic E-state index is -0.966. The van der Waals surface area contributed by atoms with Gasteiger partial charge in [-0.05, 0) is 28.9 Å². The predicted octanol–water partition coefficient (Wildman–Crippen LogP) is 2.70. The van der Waals surface area contributed by atoms with Crippen LogP contribution in [-0.4, -0.2) is 10.7 Å². The molecule has 0 fully saturated rings. The first kappa shape index (κ1) is 10.8. The van der Waals surface area contributed by atoms with Crippen molar-refractivity contribution in [2.45, 2.75) is 6.92 Å². The molecule has 0 amide bonds. The second-order valence-corrected chi connectivity index (χ2v) is 3.45. The summed E-state index contributed by atoms with van der Waals surface area (Å²) in [5, 5.41) is 10.3. The van der Waals surface area contributed by atoms with E-state index in [0.29, 0.717) is 0 Å². The van der Waals surface area contributed by atoms with Crippen LogP contribution in [0.1, 0.15) is 17.3 Å². The summed E-state index contributed by atoms with van der Waals surface area (Å²) in [6, 6.07) is 1.83. The summed E-state index contributed by atoms with van der Waals surface area (Å²) in [5.41, 5.74) is -0.600. The lowest BCUT2D eigenvalue weighted by Gasteiger charge is -2.00. The molecule has 0 spiro atoms. The number of rotatable bonds is 2. The van der Waals surface area contributed by atoms with Crippen LogP contribution in [0.4, 0.5) is 10.1 Å². The predicted molar refractivity (Wildman–Crippen MR) is 50.8 cm³/mol. The zero-order chi connectivity index (χ0) is 10.9. The van der Waals surface area contributed by atoms with Crippen LogP contribution < -0.4 is 0 Å². The Hall–Kier alpha value is -1.30. The van der Waals surface area contributed by atoms with Gasteiger partial charge in [0.2, 0.25) is 5.82 Å². The van der Waals surface area contributed by atoms with Crippen molar-refractivity contribution in [3.8, 4) is 0 Å². The number of carbonyl (C=O) groups excluding carboxylic acids is 1. The van der Waals surface area contributed by atoms with Crippen molar-refractivity contribution in [2.24, 2.45) is 0 Å². The lowest BCUT2D eigenvalue weighted by molar-refractivity contribution is -0.387. The van der Waals surface area contributed by atoms with E-state index in [2.05, 4.69) is 15.9 Å². The second-order valence-electron chi connectivity index (χ2n) is 2.60. The molecule has 0 atom stereocenters. The van der Waals surface area contributed by atoms with Crippen molar-refractivity contribution in [3.05, 3.63) is 38.1 Å². The molecule has 1 aromatic rings. The fourth-order valence-corrected chi connectivity index (χ4v) is 1.54. The maximum Gasteiger partial charge on any atom is 0.305 e. The van der Waals surface area contributed by atoms with Gasteiger partial charge in [0.05, 0.1) is 4.92 Å². The second kappa shape index (κ2) is 3.83. The lowest BCUT2D eigenvalue weighted by Crippen LogP contribution is -1.99. The molecule has 6 heteroatoms. The van der Waals surface area contributed by atoms with Crippen molar-refractivity contribution >= 4 is 27.4 Å². The van der Waals surface area contributed by atoms with E-state index in [1.165, 1.54) is 6.92 Å². The fraction of sp³-hybridized carbons (Fsp3) is 0.125. The van der Waals surface area contributed by atoms with E-state index in [9.17, 15) is 19.3 Å². The molecule has 1 rings (SSSR count). The molecule has 14 heavy (non-hydrogen) atoms. The van der Waals surface area contributed by atoms with Gasteiger partial charge in [-0.15, -0.1) is 0 Å². The Morgan fingerprint density at radius 1 is 1.57 bits per heavy atom. The molecule has 0 aliphatic carbocycles. The Balaban J connectivity index is 3.42. The monoisotopic (exact) mass is 261 g/mol. The number of benzene rings is 1. The number of Topliss-reactive ketones (excluding diaryl/α,β-unsaturated/α-hetero) is 1. The molecule has 4 nitrogen and oxygen atoms in total. The van der Waals surface area contributed by atoms with Gasteiger partial charge in [-0.25, -0.2) is 0 Å². The van der Waals surface area contributed by atoms with Crippen LogP contribution >= 0.6 is 15.9 Å². The summed E-state index contributed by atoms with van der Waals surface area (Å²) >= 11 is 2.95. The molecule has 0 aromatic heterocycles. The molecule has 0 radical (unpaired) electrons. The first-order valence-corrected chi connectivity index (χ1v) is 4.37. The smallest absolute Gasteiger partial charge is 0.294 e. The maximum absolute atomic E-state index is 13.0. The number of nitro benzene ring substituents is 1. The first-order valence-electron chi connectivity index (χ1n) is 3.58. The van der Waals surface area contributed by atoms with Crippen molar-refractivity contribution < 1.29 is 14.1 Å². The van der Waals surface area contributed by atoms with E-state index >= 15 is 0 Å². The largest absolute Gasteiger partial charge is 0.305 e. The zero-order valence-corrected chi connectivity index (χ0v) is 8.67. The fourth-order valence-electron chi connectivity index (χ4n) is 0.947. The van der Waals surface area contributed by atoms with Gasteiger partial charge in [0.15, 0.2) is 5.78 Å². The average molecular weight is 262 g/mol. The lowest BCUT2D eigenvalue weighted by atomic mass is 10.1. The van der Waals surface area contributed by atoms with E-state index in [0.717, 1.165) is 12.1 Å². The molecule has 0 saturated carbocycles. The Labute approximate surface area is 87.0 Å². The summed E-state index contributed by atoms with van der Waals surface area (Å²) in [6.45, 7) is 1.25. The van der Waals surface area contributed by atoms with Gasteiger partial charge >= 0.3 is 5.69 Å². The number of nitrogens with zero attached hydrogens (tertiary/aromatic N) is 1. The van der Waals surface area contributed by atoms with Gasteiger partial charge in [0.25, 0.3) is 0 Å². The van der Waals surface area contributed by atoms with E-state index in [4.69, 9.17) is 0 Å². The van der Waals surface area contributed by atoms with Crippen molar-refractivity contribution in [1.82, 2.24) is 0 Å². The van der Waals surface area contributed by atoms with Gasteiger partial charge in [-0.3, -0.25) is 14.9 Å². The van der Waals surface area contributed by atoms with Crippen LogP contribution in [0, 0.1) is 15.9 Å². The summed E-state index contributed by atoms with van der Waals surface area (Å²) in [6.07, 6.45) is 0. The number of halogens is 2. The van der Waals surface area contributed by atoms with E-state index in [1.807, 2.05) is 0 Å². The normalized spacial score (nSPS) is 9.93. The third-order valence-electron chi connectivity index (χ3n) is 1.61. The average Bonchev–Trinajstić information content (AvgIpc) is 2.02. The summed E-state index contributed by atoms with van der Waals surface area (Å²) < 4.78 is 13.2. The van der Waals surface area contributed by atoms with Crippen LogP contribution in [0.25, 0.3) is 0 Å². The molecule has 0 saturated heterocycles. The Morgan fingerprint density at radius 3 is 2.57 bits per heavy atom. The van der Waals surface area contributed by atoms with Crippen LogP contribution in [0.2, 0.25) is 0 Å². The highest BCUT2D eigenvalue weighted by Gasteiger charge is 2.18. The Kier molecular flexibility index (Phi) is 2.95. The van der Waals surface area contributed by atoms with Crippen LogP contribution in [-0.2, 0) is 0 Å². The van der Waals surface area contributed by atoms with Crippen LogP contribution in [0.5, 0.6) is 0 Å². The standard InChI is InChI=1S/C8H5BrFNO3/c1-4(12)5-2-8(11(13)14)7(10)3-6(5)9/h2-3H,1H3. The van der Waals surface area contributed by atoms with Crippen molar-refractivity contribution in [1.29, 1.82) is 0 Å². The molecule has 0 unspecified atom stereocenters. The third kappa shape index (κ3) is 1.95. The maximum atomic E-state index is 13.0. The van der Waals surface area contributed by atoms with Crippen molar-refractivity contribution in [3.63, 3.8) is 0 Å². The van der Waals surface area contributed by atoms with E-state index < -0.39 is 16.4 Å². The minimum Gasteiger partial charge on any atom is -0.294 e. The molecule has 0 aliphatic rings. The number of ketones is 1. The number of hydrogen-bond acceptors (Lipinski definition) is 3. The van der Waals surface area contributed by atoms with Crippen LogP contribution in [0.3, 0.4) is 0 Å². The van der Waals surface area contributed by atoms with Gasteiger partial charge in [0.1, 0.15) is 0 Å². The first-order chi connectivity index (χ1) is 6.43. The molecule has 0 bridgehead atoms. The van der Waals surface area contributed by atoms with Gasteiger partial charge in [-0.1, -0.05) is 0 Å². The highest BCUT2D eigenvalue weighted by Crippen LogP contribution is 2.26. The van der Waals surface area contributed by atoms with Crippen LogP contribution in [0.15, 0.2) is 16.6 Å². The topological polar surface area (TPSA) is 60.2 Å². The number of carbonyl (C=O) groups is 1. The van der Waals surface area contributed by atoms with Gasteiger partial charge in [0, 0.05) is 16.1 Å². The van der Waals surface area contributed by atoms with Crippen molar-refractivity contribution in [2.75, 3.05) is 0 Å². The summed E-state index contributed by atoms with van der Waals surface area (Å²) in [7, 11) is 0. The van der Waals surface area contributed by atoms with Gasteiger partial charge < -0.3 is 0 Å². The zero-order valence-electron chi connectivity index (χ0n) is 7.08.